The second-order valence-corrected chi connectivity index (χ2v) is 5.71. The summed E-state index contributed by atoms with van der Waals surface area (Å²) in [5.74, 6) is 2.44. The Morgan fingerprint density at radius 1 is 1.22 bits per heavy atom. The number of nitrogens with one attached hydrogen (secondary N) is 2. The molecule has 23 heavy (non-hydrogen) atoms. The molecule has 0 bridgehead atoms. The maximum absolute atomic E-state index is 12.0. The van der Waals surface area contributed by atoms with Crippen LogP contribution in [-0.4, -0.2) is 40.3 Å². The van der Waals surface area contributed by atoms with Gasteiger partial charge in [0, 0.05) is 13.0 Å². The summed E-state index contributed by atoms with van der Waals surface area (Å²) in [5.41, 5.74) is 0.912. The van der Waals surface area contributed by atoms with Crippen molar-refractivity contribution in [3.8, 4) is 17.2 Å². The van der Waals surface area contributed by atoms with Crippen molar-refractivity contribution in [3.05, 3.63) is 17.7 Å². The molecule has 0 spiro atoms. The Hall–Kier alpha value is -1.95. The summed E-state index contributed by atoms with van der Waals surface area (Å²) in [6, 6.07) is 3.70. The Morgan fingerprint density at radius 3 is 2.43 bits per heavy atom. The van der Waals surface area contributed by atoms with E-state index in [-0.39, 0.29) is 5.91 Å². The van der Waals surface area contributed by atoms with Crippen molar-refractivity contribution < 1.29 is 19.0 Å². The fourth-order valence-electron chi connectivity index (χ4n) is 2.82. The first-order valence-electron chi connectivity index (χ1n) is 7.94. The zero-order chi connectivity index (χ0) is 16.7. The molecule has 2 N–H and O–H groups in total. The highest BCUT2D eigenvalue weighted by atomic mass is 16.5. The van der Waals surface area contributed by atoms with Crippen LogP contribution in [0, 0.1) is 5.92 Å². The molecule has 6 heteroatoms. The molecule has 0 radical (unpaired) electrons. The number of rotatable bonds is 8. The highest BCUT2D eigenvalue weighted by molar-refractivity contribution is 5.75. The first kappa shape index (κ1) is 17.4. The predicted molar refractivity (Wildman–Crippen MR) is 88.2 cm³/mol. The summed E-state index contributed by atoms with van der Waals surface area (Å²) >= 11 is 0. The van der Waals surface area contributed by atoms with E-state index in [4.69, 9.17) is 14.2 Å². The van der Waals surface area contributed by atoms with Crippen molar-refractivity contribution in [2.45, 2.75) is 25.8 Å². The number of hydrogen-bond donors (Lipinski definition) is 2. The molecule has 1 atom stereocenters. The zero-order valence-electron chi connectivity index (χ0n) is 14.1. The summed E-state index contributed by atoms with van der Waals surface area (Å²) in [5, 5.41) is 6.27. The van der Waals surface area contributed by atoms with Crippen LogP contribution in [0.5, 0.6) is 17.2 Å². The molecule has 1 aromatic carbocycles. The molecule has 1 unspecified atom stereocenters. The minimum absolute atomic E-state index is 0.0747. The topological polar surface area (TPSA) is 68.8 Å². The van der Waals surface area contributed by atoms with Crippen LogP contribution in [0.1, 0.15) is 24.8 Å². The van der Waals surface area contributed by atoms with Gasteiger partial charge in [-0.1, -0.05) is 0 Å². The quantitative estimate of drug-likeness (QED) is 0.763. The summed E-state index contributed by atoms with van der Waals surface area (Å²) in [6.45, 7) is 2.54. The molecule has 0 aliphatic carbocycles. The molecule has 128 valence electrons. The van der Waals surface area contributed by atoms with Gasteiger partial charge >= 0.3 is 0 Å². The van der Waals surface area contributed by atoms with Crippen molar-refractivity contribution in [2.24, 2.45) is 5.92 Å². The van der Waals surface area contributed by atoms with Gasteiger partial charge in [0.25, 0.3) is 0 Å². The Labute approximate surface area is 137 Å². The Kier molecular flexibility index (Phi) is 6.52. The number of ether oxygens (including phenoxy) is 3. The van der Waals surface area contributed by atoms with Crippen molar-refractivity contribution in [1.82, 2.24) is 10.6 Å². The highest BCUT2D eigenvalue weighted by Crippen LogP contribution is 2.38. The van der Waals surface area contributed by atoms with Gasteiger partial charge in [-0.3, -0.25) is 4.79 Å². The minimum atomic E-state index is 0.0747. The van der Waals surface area contributed by atoms with E-state index < -0.39 is 0 Å². The fraction of sp³-hybridized carbons (Fsp3) is 0.588. The van der Waals surface area contributed by atoms with Gasteiger partial charge in [-0.25, -0.2) is 0 Å². The standard InChI is InChI=1S/C17H26N2O4/c1-21-14-8-13(9-15(22-2)17(14)23-3)11-19-16(20)5-4-12-6-7-18-10-12/h8-9,12,18H,4-7,10-11H2,1-3H3,(H,19,20). The molecule has 0 saturated carbocycles. The number of amides is 1. The SMILES string of the molecule is COc1cc(CNC(=O)CCC2CCNC2)cc(OC)c1OC. The maximum atomic E-state index is 12.0. The molecule has 6 nitrogen and oxygen atoms in total. The van der Waals surface area contributed by atoms with E-state index >= 15 is 0 Å². The first-order chi connectivity index (χ1) is 11.2. The third kappa shape index (κ3) is 4.76. The van der Waals surface area contributed by atoms with Crippen LogP contribution in [0.15, 0.2) is 12.1 Å². The van der Waals surface area contributed by atoms with Gasteiger partial charge in [-0.2, -0.15) is 0 Å². The van der Waals surface area contributed by atoms with E-state index in [0.29, 0.717) is 36.1 Å². The van der Waals surface area contributed by atoms with Crippen LogP contribution in [-0.2, 0) is 11.3 Å². The van der Waals surface area contributed by atoms with Crippen molar-refractivity contribution in [1.29, 1.82) is 0 Å². The molecule has 1 saturated heterocycles. The molecular weight excluding hydrogens is 296 g/mol. The lowest BCUT2D eigenvalue weighted by Gasteiger charge is -2.14. The largest absolute Gasteiger partial charge is 0.493 e. The maximum Gasteiger partial charge on any atom is 0.220 e. The molecular formula is C17H26N2O4. The summed E-state index contributed by atoms with van der Waals surface area (Å²) in [4.78, 5) is 12.0. The molecule has 1 fully saturated rings. The van der Waals surface area contributed by atoms with Crippen molar-refractivity contribution in [2.75, 3.05) is 34.4 Å². The number of benzene rings is 1. The van der Waals surface area contributed by atoms with E-state index in [1.807, 2.05) is 12.1 Å². The average Bonchev–Trinajstić information content (AvgIpc) is 3.10. The van der Waals surface area contributed by atoms with Gasteiger partial charge in [-0.05, 0) is 49.5 Å². The molecule has 1 aromatic rings. The minimum Gasteiger partial charge on any atom is -0.493 e. The molecule has 1 aliphatic rings. The van der Waals surface area contributed by atoms with Crippen LogP contribution >= 0.6 is 0 Å². The summed E-state index contributed by atoms with van der Waals surface area (Å²) in [6.07, 6.45) is 2.67. The molecule has 0 aromatic heterocycles. The smallest absolute Gasteiger partial charge is 0.220 e. The number of hydrogen-bond acceptors (Lipinski definition) is 5. The van der Waals surface area contributed by atoms with E-state index in [1.54, 1.807) is 21.3 Å². The van der Waals surface area contributed by atoms with E-state index in [1.165, 1.54) is 6.42 Å². The molecule has 2 rings (SSSR count). The van der Waals surface area contributed by atoms with Gasteiger partial charge in [-0.15, -0.1) is 0 Å². The lowest BCUT2D eigenvalue weighted by atomic mass is 10.0. The third-order valence-electron chi connectivity index (χ3n) is 4.16. The van der Waals surface area contributed by atoms with Gasteiger partial charge in [0.2, 0.25) is 11.7 Å². The monoisotopic (exact) mass is 322 g/mol. The lowest BCUT2D eigenvalue weighted by Crippen LogP contribution is -2.23. The lowest BCUT2D eigenvalue weighted by molar-refractivity contribution is -0.121. The summed E-state index contributed by atoms with van der Waals surface area (Å²) in [7, 11) is 4.73. The molecule has 1 heterocycles. The van der Waals surface area contributed by atoms with E-state index in [2.05, 4.69) is 10.6 Å². The van der Waals surface area contributed by atoms with Crippen LogP contribution in [0.4, 0.5) is 0 Å². The number of methoxy groups -OCH3 is 3. The van der Waals surface area contributed by atoms with Gasteiger partial charge in [0.1, 0.15) is 0 Å². The second-order valence-electron chi connectivity index (χ2n) is 5.71. The van der Waals surface area contributed by atoms with Crippen molar-refractivity contribution >= 4 is 5.91 Å². The van der Waals surface area contributed by atoms with Crippen molar-refractivity contribution in [3.63, 3.8) is 0 Å². The van der Waals surface area contributed by atoms with Gasteiger partial charge in [0.05, 0.1) is 21.3 Å². The van der Waals surface area contributed by atoms with E-state index in [0.717, 1.165) is 25.1 Å². The molecule has 1 aliphatic heterocycles. The van der Waals surface area contributed by atoms with Crippen LogP contribution in [0.2, 0.25) is 0 Å². The predicted octanol–water partition coefficient (Wildman–Crippen LogP) is 1.72. The van der Waals surface area contributed by atoms with E-state index in [9.17, 15) is 4.79 Å². The summed E-state index contributed by atoms with van der Waals surface area (Å²) < 4.78 is 15.9. The first-order valence-corrected chi connectivity index (χ1v) is 7.94. The number of carbonyl (C=O) groups is 1. The second kappa shape index (κ2) is 8.62. The zero-order valence-corrected chi connectivity index (χ0v) is 14.1. The van der Waals surface area contributed by atoms with Crippen LogP contribution in [0.25, 0.3) is 0 Å². The number of carbonyl (C=O) groups excluding carboxylic acids is 1. The Balaban J connectivity index is 1.90. The normalized spacial score (nSPS) is 16.9. The Morgan fingerprint density at radius 2 is 1.91 bits per heavy atom. The van der Waals surface area contributed by atoms with Crippen LogP contribution < -0.4 is 24.8 Å². The van der Waals surface area contributed by atoms with Gasteiger partial charge in [0.15, 0.2) is 11.5 Å². The highest BCUT2D eigenvalue weighted by Gasteiger charge is 2.16. The fourth-order valence-corrected chi connectivity index (χ4v) is 2.82. The molecule has 1 amide bonds. The van der Waals surface area contributed by atoms with Gasteiger partial charge < -0.3 is 24.8 Å². The average molecular weight is 322 g/mol. The third-order valence-corrected chi connectivity index (χ3v) is 4.16. The Bertz CT molecular complexity index is 502. The van der Waals surface area contributed by atoms with Crippen LogP contribution in [0.3, 0.4) is 0 Å².